The molecule has 1 N–H and O–H groups in total. The summed E-state index contributed by atoms with van der Waals surface area (Å²) in [5.41, 5.74) is 0.923. The molecule has 3 rings (SSSR count). The maximum atomic E-state index is 12.4. The first-order chi connectivity index (χ1) is 13.5. The molecule has 0 saturated carbocycles. The van der Waals surface area contributed by atoms with E-state index in [0.29, 0.717) is 12.4 Å². The Balaban J connectivity index is 1.58. The van der Waals surface area contributed by atoms with Gasteiger partial charge in [0.15, 0.2) is 5.82 Å². The molecule has 2 aromatic heterocycles. The van der Waals surface area contributed by atoms with E-state index in [0.717, 1.165) is 48.2 Å². The van der Waals surface area contributed by atoms with Crippen molar-refractivity contribution in [2.75, 3.05) is 39.0 Å². The van der Waals surface area contributed by atoms with Gasteiger partial charge in [-0.1, -0.05) is 24.3 Å². The summed E-state index contributed by atoms with van der Waals surface area (Å²) in [4.78, 5) is 25.4. The van der Waals surface area contributed by atoms with E-state index in [1.54, 1.807) is 18.5 Å². The molecule has 1 amide bonds. The molecule has 1 fully saturated rings. The summed E-state index contributed by atoms with van der Waals surface area (Å²) in [6, 6.07) is 0. The molecule has 9 heteroatoms. The molecule has 28 heavy (non-hydrogen) atoms. The highest BCUT2D eigenvalue weighted by molar-refractivity contribution is 7.15. The lowest BCUT2D eigenvalue weighted by Crippen LogP contribution is -2.38. The second-order valence-electron chi connectivity index (χ2n) is 7.09. The number of hydrogen-bond donors (Lipinski definition) is 1. The normalized spacial score (nSPS) is 17.4. The van der Waals surface area contributed by atoms with Crippen LogP contribution in [0.3, 0.4) is 0 Å². The molecule has 0 aromatic carbocycles. The number of nitrogens with one attached hydrogen (secondary N) is 1. The molecular formula is C19H27N7OS. The van der Waals surface area contributed by atoms with E-state index in [2.05, 4.69) is 32.4 Å². The Morgan fingerprint density at radius 1 is 1.36 bits per heavy atom. The average Bonchev–Trinajstić information content (AvgIpc) is 3.16. The molecule has 1 aliphatic rings. The molecule has 2 aromatic rings. The van der Waals surface area contributed by atoms with Crippen molar-refractivity contribution in [3.05, 3.63) is 35.2 Å². The molecule has 150 valence electrons. The summed E-state index contributed by atoms with van der Waals surface area (Å²) in [5, 5.41) is 13.0. The van der Waals surface area contributed by atoms with Gasteiger partial charge in [0.2, 0.25) is 11.0 Å². The number of likely N-dealkylation sites (tertiary alicyclic amines) is 1. The zero-order valence-electron chi connectivity index (χ0n) is 16.6. The number of amides is 1. The highest BCUT2D eigenvalue weighted by Crippen LogP contribution is 2.26. The van der Waals surface area contributed by atoms with Crippen molar-refractivity contribution in [2.24, 2.45) is 0 Å². The van der Waals surface area contributed by atoms with Crippen LogP contribution in [0, 0.1) is 0 Å². The molecule has 0 spiro atoms. The Labute approximate surface area is 169 Å². The molecule has 0 radical (unpaired) electrons. The van der Waals surface area contributed by atoms with Gasteiger partial charge in [-0.3, -0.25) is 9.78 Å². The summed E-state index contributed by atoms with van der Waals surface area (Å²) in [6.45, 7) is 4.29. The van der Waals surface area contributed by atoms with Crippen LogP contribution < -0.4 is 5.32 Å². The van der Waals surface area contributed by atoms with Crippen molar-refractivity contribution in [3.63, 3.8) is 0 Å². The van der Waals surface area contributed by atoms with Gasteiger partial charge in [-0.05, 0) is 33.4 Å². The SMILES string of the molecule is CCc1nnc(Nc2cnc(C3CCCN(C(=O)C=CCN(C)C)C3)cn2)s1. The van der Waals surface area contributed by atoms with Gasteiger partial charge in [-0.15, -0.1) is 10.2 Å². The minimum atomic E-state index is 0.0702. The average molecular weight is 402 g/mol. The first kappa shape index (κ1) is 20.3. The Morgan fingerprint density at radius 2 is 2.21 bits per heavy atom. The van der Waals surface area contributed by atoms with Crippen molar-refractivity contribution in [1.82, 2.24) is 30.0 Å². The van der Waals surface area contributed by atoms with Crippen LogP contribution in [0.2, 0.25) is 0 Å². The third-order valence-electron chi connectivity index (χ3n) is 4.56. The predicted octanol–water partition coefficient (Wildman–Crippen LogP) is 2.46. The van der Waals surface area contributed by atoms with E-state index in [4.69, 9.17) is 0 Å². The third kappa shape index (κ3) is 5.56. The second kappa shape index (κ2) is 9.70. The maximum absolute atomic E-state index is 12.4. The van der Waals surface area contributed by atoms with Gasteiger partial charge in [0.05, 0.1) is 18.1 Å². The van der Waals surface area contributed by atoms with E-state index in [1.165, 1.54) is 11.3 Å². The fourth-order valence-corrected chi connectivity index (χ4v) is 3.74. The summed E-state index contributed by atoms with van der Waals surface area (Å²) < 4.78 is 0. The van der Waals surface area contributed by atoms with Gasteiger partial charge in [-0.2, -0.15) is 0 Å². The van der Waals surface area contributed by atoms with Crippen LogP contribution in [0.25, 0.3) is 0 Å². The third-order valence-corrected chi connectivity index (χ3v) is 5.54. The number of carbonyl (C=O) groups excluding carboxylic acids is 1. The first-order valence-electron chi connectivity index (χ1n) is 9.56. The Morgan fingerprint density at radius 3 is 2.89 bits per heavy atom. The van der Waals surface area contributed by atoms with Crippen LogP contribution in [0.5, 0.6) is 0 Å². The smallest absolute Gasteiger partial charge is 0.246 e. The molecule has 3 heterocycles. The molecule has 8 nitrogen and oxygen atoms in total. The van der Waals surface area contributed by atoms with Crippen LogP contribution in [0.15, 0.2) is 24.5 Å². The Bertz CT molecular complexity index is 803. The van der Waals surface area contributed by atoms with Gasteiger partial charge >= 0.3 is 0 Å². The predicted molar refractivity (Wildman–Crippen MR) is 111 cm³/mol. The van der Waals surface area contributed by atoms with Crippen molar-refractivity contribution in [3.8, 4) is 0 Å². The van der Waals surface area contributed by atoms with Gasteiger partial charge < -0.3 is 15.1 Å². The lowest BCUT2D eigenvalue weighted by molar-refractivity contribution is -0.127. The van der Waals surface area contributed by atoms with Crippen LogP contribution >= 0.6 is 11.3 Å². The number of nitrogens with zero attached hydrogens (tertiary/aromatic N) is 6. The monoisotopic (exact) mass is 401 g/mol. The number of anilines is 2. The first-order valence-corrected chi connectivity index (χ1v) is 10.4. The molecule has 1 aliphatic heterocycles. The van der Waals surface area contributed by atoms with Crippen molar-refractivity contribution in [2.45, 2.75) is 32.1 Å². The van der Waals surface area contributed by atoms with Gasteiger partial charge in [-0.25, -0.2) is 4.98 Å². The van der Waals surface area contributed by atoms with Crippen molar-refractivity contribution >= 4 is 28.2 Å². The van der Waals surface area contributed by atoms with Crippen LogP contribution in [0.1, 0.15) is 36.4 Å². The Hall–Kier alpha value is -2.39. The van der Waals surface area contributed by atoms with Gasteiger partial charge in [0.1, 0.15) is 5.01 Å². The summed E-state index contributed by atoms with van der Waals surface area (Å²) in [7, 11) is 3.97. The van der Waals surface area contributed by atoms with E-state index < -0.39 is 0 Å². The van der Waals surface area contributed by atoms with E-state index in [1.807, 2.05) is 30.0 Å². The number of likely N-dealkylation sites (N-methyl/N-ethyl adjacent to an activating group) is 1. The number of rotatable bonds is 7. The number of hydrogen-bond acceptors (Lipinski definition) is 8. The van der Waals surface area contributed by atoms with Crippen LogP contribution in [0.4, 0.5) is 10.9 Å². The van der Waals surface area contributed by atoms with E-state index >= 15 is 0 Å². The minimum Gasteiger partial charge on any atom is -0.339 e. The van der Waals surface area contributed by atoms with E-state index in [9.17, 15) is 4.79 Å². The van der Waals surface area contributed by atoms with Crippen molar-refractivity contribution < 1.29 is 4.79 Å². The second-order valence-corrected chi connectivity index (χ2v) is 8.16. The molecule has 1 unspecified atom stereocenters. The number of carbonyl (C=O) groups is 1. The minimum absolute atomic E-state index is 0.0702. The lowest BCUT2D eigenvalue weighted by Gasteiger charge is -2.31. The van der Waals surface area contributed by atoms with Gasteiger partial charge in [0, 0.05) is 31.6 Å². The quantitative estimate of drug-likeness (QED) is 0.713. The van der Waals surface area contributed by atoms with Crippen LogP contribution in [-0.4, -0.2) is 69.6 Å². The highest BCUT2D eigenvalue weighted by atomic mass is 32.1. The van der Waals surface area contributed by atoms with E-state index in [-0.39, 0.29) is 11.8 Å². The van der Waals surface area contributed by atoms with Gasteiger partial charge in [0.25, 0.3) is 0 Å². The number of aryl methyl sites for hydroxylation is 1. The Kier molecular flexibility index (Phi) is 7.05. The largest absolute Gasteiger partial charge is 0.339 e. The summed E-state index contributed by atoms with van der Waals surface area (Å²) in [6.07, 6.45) is 9.96. The molecule has 0 bridgehead atoms. The maximum Gasteiger partial charge on any atom is 0.246 e. The van der Waals surface area contributed by atoms with Crippen LogP contribution in [-0.2, 0) is 11.2 Å². The zero-order valence-corrected chi connectivity index (χ0v) is 17.4. The molecule has 0 aliphatic carbocycles. The highest BCUT2D eigenvalue weighted by Gasteiger charge is 2.24. The fraction of sp³-hybridized carbons (Fsp3) is 0.526. The fourth-order valence-electron chi connectivity index (χ4n) is 3.06. The molecule has 1 atom stereocenters. The number of piperidine rings is 1. The number of aromatic nitrogens is 4. The lowest BCUT2D eigenvalue weighted by atomic mass is 9.95. The standard InChI is InChI=1S/C19H27N7OS/c1-4-17-23-24-19(28-17)22-16-12-20-15(11-21-16)14-7-5-10-26(13-14)18(27)8-6-9-25(2)3/h6,8,11-12,14H,4-5,7,9-10,13H2,1-3H3,(H,21,22,24). The summed E-state index contributed by atoms with van der Waals surface area (Å²) in [5.74, 6) is 0.938. The van der Waals surface area contributed by atoms with Crippen molar-refractivity contribution in [1.29, 1.82) is 0 Å². The zero-order chi connectivity index (χ0) is 19.9. The topological polar surface area (TPSA) is 87.1 Å². The molecule has 1 saturated heterocycles. The summed E-state index contributed by atoms with van der Waals surface area (Å²) >= 11 is 1.52. The molecular weight excluding hydrogens is 374 g/mol.